The third-order valence-electron chi connectivity index (χ3n) is 5.94. The van der Waals surface area contributed by atoms with Gasteiger partial charge in [-0.1, -0.05) is 46.2 Å². The van der Waals surface area contributed by atoms with Crippen molar-refractivity contribution >= 4 is 23.4 Å². The van der Waals surface area contributed by atoms with Crippen molar-refractivity contribution in [1.82, 2.24) is 14.7 Å². The molecule has 2 N–H and O–H groups in total. The Balaban J connectivity index is 1.83. The number of methoxy groups -OCH3 is 1. The van der Waals surface area contributed by atoms with E-state index < -0.39 is 23.7 Å². The second-order valence-electron chi connectivity index (χ2n) is 10.1. The lowest BCUT2D eigenvalue weighted by Gasteiger charge is -2.23. The highest BCUT2D eigenvalue weighted by Gasteiger charge is 2.34. The average Bonchev–Trinajstić information content (AvgIpc) is 3.30. The molecule has 0 fully saturated rings. The van der Waals surface area contributed by atoms with Crippen LogP contribution >= 0.6 is 0 Å². The molecule has 0 unspecified atom stereocenters. The minimum atomic E-state index is -4.64. The number of alkyl halides is 3. The van der Waals surface area contributed by atoms with Gasteiger partial charge in [-0.05, 0) is 42.8 Å². The summed E-state index contributed by atoms with van der Waals surface area (Å²) in [6, 6.07) is 12.8. The minimum absolute atomic E-state index is 0.189. The van der Waals surface area contributed by atoms with E-state index in [-0.39, 0.29) is 24.2 Å². The third-order valence-corrected chi connectivity index (χ3v) is 5.94. The molecule has 8 nitrogen and oxygen atoms in total. The first-order valence-corrected chi connectivity index (χ1v) is 12.6. The van der Waals surface area contributed by atoms with Gasteiger partial charge in [-0.2, -0.15) is 18.3 Å². The normalized spacial score (nSPS) is 11.7. The topological polar surface area (TPSA) is 88.5 Å². The summed E-state index contributed by atoms with van der Waals surface area (Å²) in [5.74, 6) is 0.547. The van der Waals surface area contributed by atoms with Crippen molar-refractivity contribution in [2.24, 2.45) is 0 Å². The molecule has 0 aliphatic carbocycles. The summed E-state index contributed by atoms with van der Waals surface area (Å²) in [6.45, 7) is 7.73. The fourth-order valence-electron chi connectivity index (χ4n) is 3.75. The van der Waals surface area contributed by atoms with Gasteiger partial charge in [0, 0.05) is 18.0 Å². The van der Waals surface area contributed by atoms with Crippen molar-refractivity contribution < 1.29 is 27.5 Å². The molecule has 39 heavy (non-hydrogen) atoms. The van der Waals surface area contributed by atoms with Gasteiger partial charge in [-0.25, -0.2) is 9.48 Å². The van der Waals surface area contributed by atoms with Crippen LogP contribution in [-0.2, 0) is 16.4 Å². The van der Waals surface area contributed by atoms with Gasteiger partial charge in [0.2, 0.25) is 5.91 Å². The molecule has 0 aliphatic rings. The number of unbranched alkanes of at least 4 members (excludes halogenated alkanes) is 1. The highest BCUT2D eigenvalue weighted by molar-refractivity contribution is 5.97. The Bertz CT molecular complexity index is 1280. The van der Waals surface area contributed by atoms with E-state index in [1.807, 2.05) is 27.7 Å². The Morgan fingerprint density at radius 1 is 1.03 bits per heavy atom. The van der Waals surface area contributed by atoms with Gasteiger partial charge < -0.3 is 20.3 Å². The summed E-state index contributed by atoms with van der Waals surface area (Å²) < 4.78 is 47.1. The maximum atomic E-state index is 13.4. The minimum Gasteiger partial charge on any atom is -0.497 e. The van der Waals surface area contributed by atoms with E-state index in [1.54, 1.807) is 42.1 Å². The van der Waals surface area contributed by atoms with Crippen molar-refractivity contribution in [1.29, 1.82) is 0 Å². The molecule has 3 amide bonds. The first-order valence-electron chi connectivity index (χ1n) is 12.6. The summed E-state index contributed by atoms with van der Waals surface area (Å²) >= 11 is 0. The van der Waals surface area contributed by atoms with Gasteiger partial charge in [0.25, 0.3) is 0 Å². The average molecular weight is 546 g/mol. The second-order valence-corrected chi connectivity index (χ2v) is 10.1. The van der Waals surface area contributed by atoms with Gasteiger partial charge in [-0.15, -0.1) is 0 Å². The maximum absolute atomic E-state index is 13.4. The molecular formula is C28H34F3N5O3. The first kappa shape index (κ1) is 29.5. The summed E-state index contributed by atoms with van der Waals surface area (Å²) in [4.78, 5) is 27.3. The Kier molecular flexibility index (Phi) is 9.26. The number of aromatic nitrogens is 2. The number of benzene rings is 2. The molecule has 3 aromatic rings. The molecule has 0 atom stereocenters. The van der Waals surface area contributed by atoms with Crippen LogP contribution in [0.5, 0.6) is 5.75 Å². The standard InChI is InChI=1S/C28H34F3N5O3/c1-6-7-16-35(26(38)32-22-11-9-8-10-21(22)28(29,30)31)18-25(37)33-24-17-23(27(2,3)4)34-36(24)19-12-14-20(39-5)15-13-19/h8-15,17H,6-7,16,18H2,1-5H3,(H,32,38)(H,33,37). The van der Waals surface area contributed by atoms with E-state index >= 15 is 0 Å². The van der Waals surface area contributed by atoms with Crippen molar-refractivity contribution in [3.05, 3.63) is 65.9 Å². The number of para-hydroxylation sites is 1. The van der Waals surface area contributed by atoms with Crippen molar-refractivity contribution in [3.8, 4) is 11.4 Å². The second kappa shape index (κ2) is 12.2. The zero-order valence-corrected chi connectivity index (χ0v) is 22.7. The number of nitrogens with zero attached hydrogens (tertiary/aromatic N) is 3. The molecule has 11 heteroatoms. The molecule has 0 radical (unpaired) electrons. The lowest BCUT2D eigenvalue weighted by molar-refractivity contribution is -0.137. The molecule has 1 heterocycles. The van der Waals surface area contributed by atoms with Crippen molar-refractivity contribution in [2.75, 3.05) is 30.8 Å². The number of carbonyl (C=O) groups is 2. The lowest BCUT2D eigenvalue weighted by atomic mass is 9.92. The Morgan fingerprint density at radius 2 is 1.69 bits per heavy atom. The van der Waals surface area contributed by atoms with Crippen LogP contribution in [0.25, 0.3) is 5.69 Å². The molecule has 1 aromatic heterocycles. The first-order chi connectivity index (χ1) is 18.3. The van der Waals surface area contributed by atoms with Crippen LogP contribution in [0.2, 0.25) is 0 Å². The maximum Gasteiger partial charge on any atom is 0.418 e. The molecule has 0 bridgehead atoms. The van der Waals surface area contributed by atoms with Crippen LogP contribution in [0.15, 0.2) is 54.6 Å². The number of amides is 3. The van der Waals surface area contributed by atoms with Crippen molar-refractivity contribution in [3.63, 3.8) is 0 Å². The number of hydrogen-bond donors (Lipinski definition) is 2. The van der Waals surface area contributed by atoms with E-state index in [0.29, 0.717) is 23.7 Å². The number of carbonyl (C=O) groups excluding carboxylic acids is 2. The third kappa shape index (κ3) is 7.75. The summed E-state index contributed by atoms with van der Waals surface area (Å²) in [6.07, 6.45) is -3.34. The predicted molar refractivity (Wildman–Crippen MR) is 144 cm³/mol. The lowest BCUT2D eigenvalue weighted by Crippen LogP contribution is -2.41. The van der Waals surface area contributed by atoms with Crippen LogP contribution in [0.1, 0.15) is 51.8 Å². The fraction of sp³-hybridized carbons (Fsp3) is 0.393. The van der Waals surface area contributed by atoms with Gasteiger partial charge in [0.15, 0.2) is 0 Å². The molecule has 0 saturated carbocycles. The van der Waals surface area contributed by atoms with E-state index in [1.165, 1.54) is 23.1 Å². The summed E-state index contributed by atoms with van der Waals surface area (Å²) in [5.41, 5.74) is -0.222. The van der Waals surface area contributed by atoms with Crippen LogP contribution in [0.4, 0.5) is 29.5 Å². The van der Waals surface area contributed by atoms with Crippen LogP contribution < -0.4 is 15.4 Å². The number of hydrogen-bond acceptors (Lipinski definition) is 4. The van der Waals surface area contributed by atoms with E-state index in [4.69, 9.17) is 4.74 Å². The Morgan fingerprint density at radius 3 is 2.28 bits per heavy atom. The van der Waals surface area contributed by atoms with Crippen LogP contribution in [0.3, 0.4) is 0 Å². The molecule has 2 aromatic carbocycles. The van der Waals surface area contributed by atoms with Gasteiger partial charge in [-0.3, -0.25) is 4.79 Å². The fourth-order valence-corrected chi connectivity index (χ4v) is 3.75. The Labute approximate surface area is 226 Å². The van der Waals surface area contributed by atoms with E-state index in [2.05, 4.69) is 15.7 Å². The Hall–Kier alpha value is -4.02. The van der Waals surface area contributed by atoms with Crippen LogP contribution in [0, 0.1) is 0 Å². The molecular weight excluding hydrogens is 511 g/mol. The zero-order valence-electron chi connectivity index (χ0n) is 22.7. The predicted octanol–water partition coefficient (Wildman–Crippen LogP) is 6.47. The quantitative estimate of drug-likeness (QED) is 0.323. The van der Waals surface area contributed by atoms with Crippen LogP contribution in [-0.4, -0.2) is 46.8 Å². The number of ether oxygens (including phenoxy) is 1. The number of halogens is 3. The summed E-state index contributed by atoms with van der Waals surface area (Å²) in [7, 11) is 1.56. The number of nitrogens with one attached hydrogen (secondary N) is 2. The summed E-state index contributed by atoms with van der Waals surface area (Å²) in [5, 5.41) is 9.82. The highest BCUT2D eigenvalue weighted by atomic mass is 19.4. The van der Waals surface area contributed by atoms with E-state index in [0.717, 1.165) is 18.2 Å². The SMILES string of the molecule is CCCCN(CC(=O)Nc1cc(C(C)(C)C)nn1-c1ccc(OC)cc1)C(=O)Nc1ccccc1C(F)(F)F. The molecule has 0 spiro atoms. The molecule has 0 saturated heterocycles. The van der Waals surface area contributed by atoms with E-state index in [9.17, 15) is 22.8 Å². The zero-order chi connectivity index (χ0) is 28.8. The van der Waals surface area contributed by atoms with Gasteiger partial charge in [0.05, 0.1) is 29.7 Å². The largest absolute Gasteiger partial charge is 0.497 e. The smallest absolute Gasteiger partial charge is 0.418 e. The number of urea groups is 1. The monoisotopic (exact) mass is 545 g/mol. The number of rotatable bonds is 9. The highest BCUT2D eigenvalue weighted by Crippen LogP contribution is 2.34. The molecule has 0 aliphatic heterocycles. The molecule has 3 rings (SSSR count). The van der Waals surface area contributed by atoms with Gasteiger partial charge in [0.1, 0.15) is 18.1 Å². The number of anilines is 2. The van der Waals surface area contributed by atoms with Gasteiger partial charge >= 0.3 is 12.2 Å². The molecule has 210 valence electrons. The van der Waals surface area contributed by atoms with Crippen molar-refractivity contribution in [2.45, 2.75) is 52.1 Å².